The van der Waals surface area contributed by atoms with E-state index in [4.69, 9.17) is 4.74 Å². The molecule has 0 bridgehead atoms. The highest BCUT2D eigenvalue weighted by atomic mass is 16.5. The molecule has 0 aliphatic carbocycles. The number of hydrogen-bond donors (Lipinski definition) is 2. The highest BCUT2D eigenvalue weighted by Gasteiger charge is 2.08. The van der Waals surface area contributed by atoms with E-state index >= 15 is 0 Å². The van der Waals surface area contributed by atoms with Crippen molar-refractivity contribution in [2.24, 2.45) is 5.10 Å². The Hall–Kier alpha value is -4.71. The molecule has 0 saturated heterocycles. The van der Waals surface area contributed by atoms with Crippen LogP contribution >= 0.6 is 0 Å². The van der Waals surface area contributed by atoms with E-state index in [2.05, 4.69) is 15.8 Å². The first-order valence-electron chi connectivity index (χ1n) is 10.3. The van der Waals surface area contributed by atoms with Crippen molar-refractivity contribution in [1.29, 1.82) is 0 Å². The number of para-hydroxylation sites is 1. The van der Waals surface area contributed by atoms with Crippen LogP contribution in [0.4, 0.5) is 5.69 Å². The van der Waals surface area contributed by atoms with Gasteiger partial charge in [-0.2, -0.15) is 5.10 Å². The number of hydrazone groups is 1. The molecule has 0 radical (unpaired) electrons. The third-order valence-electron chi connectivity index (χ3n) is 4.64. The van der Waals surface area contributed by atoms with Crippen molar-refractivity contribution in [2.45, 2.75) is 0 Å². The van der Waals surface area contributed by atoms with E-state index in [1.54, 1.807) is 48.5 Å². The maximum absolute atomic E-state index is 12.5. The summed E-state index contributed by atoms with van der Waals surface area (Å²) in [4.78, 5) is 24.8. The van der Waals surface area contributed by atoms with Crippen molar-refractivity contribution in [3.05, 3.63) is 126 Å². The highest BCUT2D eigenvalue weighted by molar-refractivity contribution is 6.05. The maximum atomic E-state index is 12.5. The molecule has 0 aromatic heterocycles. The van der Waals surface area contributed by atoms with Crippen LogP contribution in [0.2, 0.25) is 0 Å². The standard InChI is InChI=1S/C27H21N3O3/c31-26(21-10-3-1-4-11-21)29-23-13-8-12-22(18-23)27(32)30-28-19-20-9-7-16-25(17-20)33-24-14-5-2-6-15-24/h1-19H,(H,29,31)(H,30,32). The van der Waals surface area contributed by atoms with Crippen molar-refractivity contribution in [3.63, 3.8) is 0 Å². The molecule has 0 fully saturated rings. The average molecular weight is 435 g/mol. The van der Waals surface area contributed by atoms with E-state index in [-0.39, 0.29) is 5.91 Å². The fourth-order valence-electron chi connectivity index (χ4n) is 3.04. The van der Waals surface area contributed by atoms with Crippen LogP contribution in [-0.4, -0.2) is 18.0 Å². The second kappa shape index (κ2) is 10.5. The van der Waals surface area contributed by atoms with E-state index in [1.165, 1.54) is 6.21 Å². The summed E-state index contributed by atoms with van der Waals surface area (Å²) >= 11 is 0. The summed E-state index contributed by atoms with van der Waals surface area (Å²) in [7, 11) is 0. The fourth-order valence-corrected chi connectivity index (χ4v) is 3.04. The monoisotopic (exact) mass is 435 g/mol. The summed E-state index contributed by atoms with van der Waals surface area (Å²) in [5, 5.41) is 6.83. The zero-order chi connectivity index (χ0) is 22.9. The van der Waals surface area contributed by atoms with Gasteiger partial charge >= 0.3 is 0 Å². The van der Waals surface area contributed by atoms with Crippen molar-refractivity contribution >= 4 is 23.7 Å². The lowest BCUT2D eigenvalue weighted by atomic mass is 10.1. The van der Waals surface area contributed by atoms with Crippen LogP contribution in [0.5, 0.6) is 11.5 Å². The van der Waals surface area contributed by atoms with Crippen molar-refractivity contribution < 1.29 is 14.3 Å². The predicted octanol–water partition coefficient (Wildman–Crippen LogP) is 5.50. The number of nitrogens with one attached hydrogen (secondary N) is 2. The number of rotatable bonds is 7. The number of hydrogen-bond acceptors (Lipinski definition) is 4. The summed E-state index contributed by atoms with van der Waals surface area (Å²) in [5.74, 6) is 0.764. The van der Waals surface area contributed by atoms with Crippen LogP contribution in [0.1, 0.15) is 26.3 Å². The number of amides is 2. The van der Waals surface area contributed by atoms with Crippen molar-refractivity contribution in [2.75, 3.05) is 5.32 Å². The highest BCUT2D eigenvalue weighted by Crippen LogP contribution is 2.21. The zero-order valence-corrected chi connectivity index (χ0v) is 17.6. The minimum Gasteiger partial charge on any atom is -0.457 e. The molecule has 0 spiro atoms. The molecular weight excluding hydrogens is 414 g/mol. The normalized spacial score (nSPS) is 10.5. The lowest BCUT2D eigenvalue weighted by Gasteiger charge is -2.07. The van der Waals surface area contributed by atoms with E-state index in [0.29, 0.717) is 22.6 Å². The molecule has 0 atom stereocenters. The number of nitrogens with zero attached hydrogens (tertiary/aromatic N) is 1. The molecule has 162 valence electrons. The van der Waals surface area contributed by atoms with Crippen molar-refractivity contribution in [3.8, 4) is 11.5 Å². The third kappa shape index (κ3) is 6.15. The Bertz CT molecular complexity index is 1270. The van der Waals surface area contributed by atoms with Gasteiger partial charge in [-0.15, -0.1) is 0 Å². The SMILES string of the molecule is O=C(NN=Cc1cccc(Oc2ccccc2)c1)c1cccc(NC(=O)c2ccccc2)c1. The quantitative estimate of drug-likeness (QED) is 0.297. The number of carbonyl (C=O) groups excluding carboxylic acids is 2. The molecular formula is C27H21N3O3. The van der Waals surface area contributed by atoms with Gasteiger partial charge in [0.05, 0.1) is 6.21 Å². The second-order valence-electron chi connectivity index (χ2n) is 7.09. The third-order valence-corrected chi connectivity index (χ3v) is 4.64. The molecule has 0 saturated carbocycles. The maximum Gasteiger partial charge on any atom is 0.271 e. The Morgan fingerprint density at radius 2 is 1.33 bits per heavy atom. The lowest BCUT2D eigenvalue weighted by Crippen LogP contribution is -2.18. The van der Waals surface area contributed by atoms with Gasteiger partial charge in [-0.25, -0.2) is 5.43 Å². The molecule has 4 rings (SSSR count). The molecule has 0 unspecified atom stereocenters. The van der Waals surface area contributed by atoms with Gasteiger partial charge in [0, 0.05) is 16.8 Å². The van der Waals surface area contributed by atoms with Gasteiger partial charge in [-0.05, 0) is 60.2 Å². The molecule has 0 aliphatic heterocycles. The molecule has 33 heavy (non-hydrogen) atoms. The van der Waals surface area contributed by atoms with Gasteiger partial charge < -0.3 is 10.1 Å². The first-order chi connectivity index (χ1) is 16.2. The van der Waals surface area contributed by atoms with Gasteiger partial charge in [0.25, 0.3) is 11.8 Å². The molecule has 6 nitrogen and oxygen atoms in total. The molecule has 6 heteroatoms. The van der Waals surface area contributed by atoms with Crippen molar-refractivity contribution in [1.82, 2.24) is 5.43 Å². The Kier molecular flexibility index (Phi) is 6.88. The molecule has 4 aromatic carbocycles. The average Bonchev–Trinajstić information content (AvgIpc) is 2.85. The molecule has 2 N–H and O–H groups in total. The summed E-state index contributed by atoms with van der Waals surface area (Å²) in [6, 6.07) is 32.4. The van der Waals surface area contributed by atoms with Gasteiger partial charge in [0.15, 0.2) is 0 Å². The number of carbonyl (C=O) groups is 2. The summed E-state index contributed by atoms with van der Waals surface area (Å²) in [6.45, 7) is 0. The van der Waals surface area contributed by atoms with E-state index in [1.807, 2.05) is 60.7 Å². The summed E-state index contributed by atoms with van der Waals surface area (Å²) < 4.78 is 5.81. The van der Waals surface area contributed by atoms with Crippen LogP contribution in [-0.2, 0) is 0 Å². The second-order valence-corrected chi connectivity index (χ2v) is 7.09. The predicted molar refractivity (Wildman–Crippen MR) is 129 cm³/mol. The van der Waals surface area contributed by atoms with E-state index in [0.717, 1.165) is 11.3 Å². The smallest absolute Gasteiger partial charge is 0.271 e. The Morgan fingerprint density at radius 1 is 0.667 bits per heavy atom. The minimum atomic E-state index is -0.390. The Morgan fingerprint density at radius 3 is 2.12 bits per heavy atom. The molecule has 4 aromatic rings. The van der Waals surface area contributed by atoms with Crippen LogP contribution in [0, 0.1) is 0 Å². The topological polar surface area (TPSA) is 79.8 Å². The fraction of sp³-hybridized carbons (Fsp3) is 0. The van der Waals surface area contributed by atoms with Crippen LogP contribution < -0.4 is 15.5 Å². The summed E-state index contributed by atoms with van der Waals surface area (Å²) in [6.07, 6.45) is 1.54. The molecule has 0 heterocycles. The summed E-state index contributed by atoms with van der Waals surface area (Å²) in [5.41, 5.74) is 4.71. The first kappa shape index (κ1) is 21.5. The number of anilines is 1. The van der Waals surface area contributed by atoms with Crippen LogP contribution in [0.3, 0.4) is 0 Å². The largest absolute Gasteiger partial charge is 0.457 e. The first-order valence-corrected chi connectivity index (χ1v) is 10.3. The number of benzene rings is 4. The molecule has 2 amide bonds. The van der Waals surface area contributed by atoms with Gasteiger partial charge in [0.1, 0.15) is 11.5 Å². The van der Waals surface area contributed by atoms with E-state index < -0.39 is 5.91 Å². The Labute approximate surface area is 191 Å². The lowest BCUT2D eigenvalue weighted by molar-refractivity contribution is 0.0953. The van der Waals surface area contributed by atoms with Crippen LogP contribution in [0.15, 0.2) is 114 Å². The zero-order valence-electron chi connectivity index (χ0n) is 17.6. The van der Waals surface area contributed by atoms with Crippen LogP contribution in [0.25, 0.3) is 0 Å². The Balaban J connectivity index is 1.36. The van der Waals surface area contributed by atoms with E-state index in [9.17, 15) is 9.59 Å². The van der Waals surface area contributed by atoms with Gasteiger partial charge in [-0.1, -0.05) is 54.6 Å². The minimum absolute atomic E-state index is 0.246. The van der Waals surface area contributed by atoms with Gasteiger partial charge in [-0.3, -0.25) is 9.59 Å². The molecule has 0 aliphatic rings. The number of ether oxygens (including phenoxy) is 1. The van der Waals surface area contributed by atoms with Gasteiger partial charge in [0.2, 0.25) is 0 Å².